The minimum atomic E-state index is 0.610. The van der Waals surface area contributed by atoms with Crippen LogP contribution in [0.3, 0.4) is 0 Å². The molecule has 0 aliphatic carbocycles. The third-order valence-corrected chi connectivity index (χ3v) is 5.54. The second-order valence-corrected chi connectivity index (χ2v) is 7.46. The number of rotatable bonds is 5. The number of hydrogen-bond donors (Lipinski definition) is 0. The molecule has 1 fully saturated rings. The molecule has 0 radical (unpaired) electrons. The van der Waals surface area contributed by atoms with Crippen molar-refractivity contribution in [1.82, 2.24) is 14.3 Å². The second-order valence-electron chi connectivity index (χ2n) is 7.46. The van der Waals surface area contributed by atoms with E-state index in [4.69, 9.17) is 14.5 Å². The Morgan fingerprint density at radius 1 is 0.964 bits per heavy atom. The van der Waals surface area contributed by atoms with E-state index >= 15 is 0 Å². The van der Waals surface area contributed by atoms with E-state index in [9.17, 15) is 0 Å². The fourth-order valence-electron chi connectivity index (χ4n) is 3.80. The molecule has 1 saturated heterocycles. The summed E-state index contributed by atoms with van der Waals surface area (Å²) in [6.45, 7) is 8.84. The van der Waals surface area contributed by atoms with Crippen molar-refractivity contribution in [2.75, 3.05) is 45.3 Å². The molecule has 1 aliphatic heterocycles. The third-order valence-electron chi connectivity index (χ3n) is 5.54. The van der Waals surface area contributed by atoms with Gasteiger partial charge in [0.05, 0.1) is 19.9 Å². The maximum Gasteiger partial charge on any atom is 0.139 e. The first-order chi connectivity index (χ1) is 13.6. The van der Waals surface area contributed by atoms with E-state index in [-0.39, 0.29) is 0 Å². The van der Waals surface area contributed by atoms with Crippen LogP contribution in [0.15, 0.2) is 42.7 Å². The summed E-state index contributed by atoms with van der Waals surface area (Å²) < 4.78 is 12.9. The number of fused-ring (bicyclic) bond motifs is 1. The summed E-state index contributed by atoms with van der Waals surface area (Å²) in [5.74, 6) is 1.53. The highest BCUT2D eigenvalue weighted by atomic mass is 16.5. The zero-order valence-corrected chi connectivity index (χ0v) is 17.1. The number of methoxy groups -OCH3 is 2. The molecule has 148 valence electrons. The third kappa shape index (κ3) is 3.52. The molecule has 2 aromatic heterocycles. The number of nitrogens with zero attached hydrogens (tertiary/aromatic N) is 4. The molecule has 0 atom stereocenters. The second kappa shape index (κ2) is 7.72. The van der Waals surface area contributed by atoms with Crippen LogP contribution in [0.1, 0.15) is 13.8 Å². The highest BCUT2D eigenvalue weighted by Crippen LogP contribution is 2.33. The van der Waals surface area contributed by atoms with Gasteiger partial charge in [-0.15, -0.1) is 0 Å². The Labute approximate surface area is 166 Å². The van der Waals surface area contributed by atoms with Gasteiger partial charge in [0.2, 0.25) is 0 Å². The van der Waals surface area contributed by atoms with Crippen LogP contribution in [0.2, 0.25) is 0 Å². The molecular weight excluding hydrogens is 352 g/mol. The van der Waals surface area contributed by atoms with Gasteiger partial charge in [0.15, 0.2) is 0 Å². The van der Waals surface area contributed by atoms with Crippen LogP contribution < -0.4 is 14.4 Å². The van der Waals surface area contributed by atoms with Crippen molar-refractivity contribution in [3.05, 3.63) is 42.7 Å². The van der Waals surface area contributed by atoms with Crippen molar-refractivity contribution in [3.63, 3.8) is 0 Å². The Kier molecular flexibility index (Phi) is 5.13. The van der Waals surface area contributed by atoms with Gasteiger partial charge in [-0.2, -0.15) is 0 Å². The van der Waals surface area contributed by atoms with Gasteiger partial charge in [0, 0.05) is 68.0 Å². The zero-order chi connectivity index (χ0) is 19.7. The van der Waals surface area contributed by atoms with Gasteiger partial charge < -0.3 is 18.8 Å². The molecule has 4 rings (SSSR count). The van der Waals surface area contributed by atoms with E-state index in [2.05, 4.69) is 46.4 Å². The van der Waals surface area contributed by atoms with Crippen LogP contribution in [-0.4, -0.2) is 60.7 Å². The molecule has 0 saturated carbocycles. The molecule has 3 heterocycles. The molecule has 0 amide bonds. The molecule has 0 spiro atoms. The zero-order valence-electron chi connectivity index (χ0n) is 17.1. The van der Waals surface area contributed by atoms with Crippen LogP contribution in [0.25, 0.3) is 16.9 Å². The Hall–Kier alpha value is -2.73. The van der Waals surface area contributed by atoms with Gasteiger partial charge in [-0.1, -0.05) is 0 Å². The fourth-order valence-corrected chi connectivity index (χ4v) is 3.80. The first kappa shape index (κ1) is 18.6. The lowest BCUT2D eigenvalue weighted by Crippen LogP contribution is -2.48. The lowest BCUT2D eigenvalue weighted by molar-refractivity contribution is 0.209. The van der Waals surface area contributed by atoms with Gasteiger partial charge >= 0.3 is 0 Å². The minimum Gasteiger partial charge on any atom is -0.497 e. The summed E-state index contributed by atoms with van der Waals surface area (Å²) >= 11 is 0. The van der Waals surface area contributed by atoms with Gasteiger partial charge in [-0.3, -0.25) is 4.90 Å². The number of hydrogen-bond acceptors (Lipinski definition) is 5. The van der Waals surface area contributed by atoms with Gasteiger partial charge in [0.25, 0.3) is 0 Å². The van der Waals surface area contributed by atoms with Gasteiger partial charge in [-0.05, 0) is 32.0 Å². The molecule has 6 heteroatoms. The Morgan fingerprint density at radius 3 is 2.43 bits per heavy atom. The predicted octanol–water partition coefficient (Wildman–Crippen LogP) is 3.55. The van der Waals surface area contributed by atoms with Crippen molar-refractivity contribution in [1.29, 1.82) is 0 Å². The normalized spacial score (nSPS) is 15.4. The van der Waals surface area contributed by atoms with Gasteiger partial charge in [-0.25, -0.2) is 4.98 Å². The average Bonchev–Trinajstić information content (AvgIpc) is 3.16. The number of imidazole rings is 1. The highest BCUT2D eigenvalue weighted by Gasteiger charge is 2.19. The quantitative estimate of drug-likeness (QED) is 0.677. The number of benzene rings is 1. The van der Waals surface area contributed by atoms with E-state index in [0.717, 1.165) is 54.6 Å². The van der Waals surface area contributed by atoms with Crippen molar-refractivity contribution in [2.45, 2.75) is 19.9 Å². The van der Waals surface area contributed by atoms with E-state index < -0.39 is 0 Å². The average molecular weight is 380 g/mol. The Balaban J connectivity index is 1.61. The maximum absolute atomic E-state index is 5.54. The van der Waals surface area contributed by atoms with Crippen LogP contribution in [0.5, 0.6) is 11.5 Å². The van der Waals surface area contributed by atoms with Crippen molar-refractivity contribution in [3.8, 4) is 22.8 Å². The number of ether oxygens (including phenoxy) is 2. The molecule has 1 aliphatic rings. The summed E-state index contributed by atoms with van der Waals surface area (Å²) in [6.07, 6.45) is 4.13. The van der Waals surface area contributed by atoms with Crippen molar-refractivity contribution in [2.24, 2.45) is 0 Å². The molecule has 0 unspecified atom stereocenters. The lowest BCUT2D eigenvalue weighted by Gasteiger charge is -2.38. The summed E-state index contributed by atoms with van der Waals surface area (Å²) in [4.78, 5) is 9.82. The molecule has 3 aromatic rings. The topological polar surface area (TPSA) is 42.2 Å². The SMILES string of the molecule is COc1ccc(-c2cn3ccc(N4CCN(C(C)C)CC4)cc3n2)c(OC)c1. The number of aromatic nitrogens is 2. The summed E-state index contributed by atoms with van der Waals surface area (Å²) in [5, 5.41) is 0. The summed E-state index contributed by atoms with van der Waals surface area (Å²) in [6, 6.07) is 10.8. The maximum atomic E-state index is 5.54. The van der Waals surface area contributed by atoms with Crippen LogP contribution in [-0.2, 0) is 0 Å². The lowest BCUT2D eigenvalue weighted by atomic mass is 10.1. The molecule has 6 nitrogen and oxygen atoms in total. The van der Waals surface area contributed by atoms with E-state index in [1.54, 1.807) is 14.2 Å². The highest BCUT2D eigenvalue weighted by molar-refractivity contribution is 5.71. The smallest absolute Gasteiger partial charge is 0.139 e. The van der Waals surface area contributed by atoms with E-state index in [1.165, 1.54) is 5.69 Å². The number of anilines is 1. The van der Waals surface area contributed by atoms with Crippen molar-refractivity contribution < 1.29 is 9.47 Å². The summed E-state index contributed by atoms with van der Waals surface area (Å²) in [5.41, 5.74) is 4.02. The van der Waals surface area contributed by atoms with Crippen LogP contribution in [0, 0.1) is 0 Å². The molecule has 28 heavy (non-hydrogen) atoms. The number of piperazine rings is 1. The standard InChI is InChI=1S/C22H28N4O2/c1-16(2)24-9-11-25(12-10-24)17-7-8-26-15-20(23-22(26)13-17)19-6-5-18(27-3)14-21(19)28-4/h5-8,13-16H,9-12H2,1-4H3. The predicted molar refractivity (Wildman–Crippen MR) is 113 cm³/mol. The summed E-state index contributed by atoms with van der Waals surface area (Å²) in [7, 11) is 3.32. The Bertz CT molecular complexity index is 958. The molecule has 1 aromatic carbocycles. The Morgan fingerprint density at radius 2 is 1.75 bits per heavy atom. The minimum absolute atomic E-state index is 0.610. The number of pyridine rings is 1. The molecule has 0 bridgehead atoms. The van der Waals surface area contributed by atoms with Crippen molar-refractivity contribution >= 4 is 11.3 Å². The van der Waals surface area contributed by atoms with E-state index in [0.29, 0.717) is 6.04 Å². The first-order valence-electron chi connectivity index (χ1n) is 9.79. The molecular formula is C22H28N4O2. The van der Waals surface area contributed by atoms with Crippen LogP contribution in [0.4, 0.5) is 5.69 Å². The largest absolute Gasteiger partial charge is 0.497 e. The van der Waals surface area contributed by atoms with E-state index in [1.807, 2.05) is 24.4 Å². The first-order valence-corrected chi connectivity index (χ1v) is 9.79. The molecule has 0 N–H and O–H groups in total. The fraction of sp³-hybridized carbons (Fsp3) is 0.409. The monoisotopic (exact) mass is 380 g/mol. The van der Waals surface area contributed by atoms with Crippen LogP contribution >= 0.6 is 0 Å². The van der Waals surface area contributed by atoms with Gasteiger partial charge in [0.1, 0.15) is 17.1 Å².